The monoisotopic (exact) mass is 424 g/mol. The van der Waals surface area contributed by atoms with E-state index in [1.807, 2.05) is 11.8 Å². The van der Waals surface area contributed by atoms with E-state index in [9.17, 15) is 0 Å². The Morgan fingerprint density at radius 1 is 0.952 bits per heavy atom. The lowest BCUT2D eigenvalue weighted by Gasteiger charge is -2.33. The Hall–Kier alpha value is -0.250. The van der Waals surface area contributed by atoms with Crippen LogP contribution in [0.1, 0.15) is 23.5 Å². The molecule has 3 heteroatoms. The summed E-state index contributed by atoms with van der Waals surface area (Å²) >= 11 is 9.56. The van der Waals surface area contributed by atoms with Gasteiger partial charge in [0, 0.05) is 26.7 Å². The van der Waals surface area contributed by atoms with E-state index in [0.717, 1.165) is 10.7 Å². The molecule has 110 valence electrons. The molecule has 2 aromatic rings. The number of hydrogen-bond donors (Lipinski definition) is 0. The van der Waals surface area contributed by atoms with Crippen molar-refractivity contribution in [2.45, 2.75) is 22.6 Å². The summed E-state index contributed by atoms with van der Waals surface area (Å²) in [5.41, 5.74) is 3.11. The van der Waals surface area contributed by atoms with Gasteiger partial charge in [-0.3, -0.25) is 0 Å². The molecular weight excluding hydrogens is 408 g/mol. The molecule has 0 fully saturated rings. The van der Waals surface area contributed by atoms with E-state index in [4.69, 9.17) is 0 Å². The average Bonchev–Trinajstić information content (AvgIpc) is 2.96. The first-order valence-electron chi connectivity index (χ1n) is 7.18. The molecular formula is C18H18Br2S. The highest BCUT2D eigenvalue weighted by atomic mass is 79.9. The maximum atomic E-state index is 3.78. The predicted octanol–water partition coefficient (Wildman–Crippen LogP) is 5.99. The zero-order chi connectivity index (χ0) is 14.7. The van der Waals surface area contributed by atoms with Gasteiger partial charge in [0.1, 0.15) is 0 Å². The van der Waals surface area contributed by atoms with Gasteiger partial charge < -0.3 is 0 Å². The van der Waals surface area contributed by atoms with Crippen molar-refractivity contribution < 1.29 is 0 Å². The summed E-state index contributed by atoms with van der Waals surface area (Å²) in [6.45, 7) is 0. The molecule has 3 rings (SSSR count). The van der Waals surface area contributed by atoms with Gasteiger partial charge >= 0.3 is 0 Å². The SMILES string of the molecule is BrCC(CBr)(CC1CSc2ccccc21)c1ccccc1. The highest BCUT2D eigenvalue weighted by Gasteiger charge is 2.36. The van der Waals surface area contributed by atoms with Gasteiger partial charge in [-0.25, -0.2) is 0 Å². The molecule has 0 bridgehead atoms. The largest absolute Gasteiger partial charge is 0.125 e. The topological polar surface area (TPSA) is 0 Å². The normalized spacial score (nSPS) is 17.7. The minimum atomic E-state index is 0.157. The summed E-state index contributed by atoms with van der Waals surface area (Å²) in [5.74, 6) is 1.84. The van der Waals surface area contributed by atoms with Crippen molar-refractivity contribution >= 4 is 43.6 Å². The molecule has 1 aliphatic rings. The summed E-state index contributed by atoms with van der Waals surface area (Å²) in [4.78, 5) is 1.47. The highest BCUT2D eigenvalue weighted by molar-refractivity contribution is 9.09. The Bertz CT molecular complexity index is 593. The summed E-state index contributed by atoms with van der Waals surface area (Å²) < 4.78 is 0. The van der Waals surface area contributed by atoms with Gasteiger partial charge in [0.25, 0.3) is 0 Å². The van der Waals surface area contributed by atoms with Crippen LogP contribution in [-0.2, 0) is 5.41 Å². The third kappa shape index (κ3) is 3.11. The fourth-order valence-corrected chi connectivity index (χ4v) is 6.37. The molecule has 2 aromatic carbocycles. The number of hydrogen-bond acceptors (Lipinski definition) is 1. The van der Waals surface area contributed by atoms with Gasteiger partial charge in [-0.1, -0.05) is 80.4 Å². The number of fused-ring (bicyclic) bond motifs is 1. The molecule has 0 aromatic heterocycles. The molecule has 0 amide bonds. The van der Waals surface area contributed by atoms with Crippen LogP contribution in [0.25, 0.3) is 0 Å². The number of rotatable bonds is 5. The lowest BCUT2D eigenvalue weighted by Crippen LogP contribution is -2.32. The van der Waals surface area contributed by atoms with E-state index in [-0.39, 0.29) is 5.41 Å². The minimum absolute atomic E-state index is 0.157. The van der Waals surface area contributed by atoms with Crippen molar-refractivity contribution in [3.8, 4) is 0 Å². The van der Waals surface area contributed by atoms with E-state index >= 15 is 0 Å². The Morgan fingerprint density at radius 2 is 1.62 bits per heavy atom. The Balaban J connectivity index is 1.91. The zero-order valence-electron chi connectivity index (χ0n) is 11.8. The molecule has 0 spiro atoms. The van der Waals surface area contributed by atoms with E-state index in [1.54, 1.807) is 0 Å². The maximum Gasteiger partial charge on any atom is 0.0153 e. The quantitative estimate of drug-likeness (QED) is 0.529. The van der Waals surface area contributed by atoms with Crippen LogP contribution in [0.4, 0.5) is 0 Å². The lowest BCUT2D eigenvalue weighted by atomic mass is 9.76. The average molecular weight is 426 g/mol. The van der Waals surface area contributed by atoms with Crippen LogP contribution in [0.5, 0.6) is 0 Å². The van der Waals surface area contributed by atoms with Gasteiger partial charge in [0.2, 0.25) is 0 Å². The third-order valence-electron chi connectivity index (χ3n) is 4.33. The molecule has 21 heavy (non-hydrogen) atoms. The van der Waals surface area contributed by atoms with Crippen LogP contribution in [0.15, 0.2) is 59.5 Å². The zero-order valence-corrected chi connectivity index (χ0v) is 15.8. The molecule has 0 saturated carbocycles. The second-order valence-electron chi connectivity index (χ2n) is 5.66. The fourth-order valence-electron chi connectivity index (χ4n) is 3.08. The van der Waals surface area contributed by atoms with Gasteiger partial charge in [0.05, 0.1) is 0 Å². The van der Waals surface area contributed by atoms with Crippen molar-refractivity contribution in [2.24, 2.45) is 0 Å². The number of thioether (sulfide) groups is 1. The van der Waals surface area contributed by atoms with Crippen LogP contribution in [0.3, 0.4) is 0 Å². The molecule has 0 aliphatic carbocycles. The summed E-state index contributed by atoms with van der Waals surface area (Å²) in [7, 11) is 0. The Morgan fingerprint density at radius 3 is 2.33 bits per heavy atom. The molecule has 0 radical (unpaired) electrons. The fraction of sp³-hybridized carbons (Fsp3) is 0.333. The second-order valence-corrected chi connectivity index (χ2v) is 7.85. The molecule has 1 aliphatic heterocycles. The van der Waals surface area contributed by atoms with E-state index in [0.29, 0.717) is 5.92 Å². The number of halogens is 2. The Kier molecular flexibility index (Phi) is 5.13. The Labute approximate surface area is 148 Å². The minimum Gasteiger partial charge on any atom is -0.125 e. The van der Waals surface area contributed by atoms with Crippen molar-refractivity contribution in [1.82, 2.24) is 0 Å². The van der Waals surface area contributed by atoms with Crippen LogP contribution in [-0.4, -0.2) is 16.4 Å². The molecule has 0 saturated heterocycles. The van der Waals surface area contributed by atoms with Gasteiger partial charge in [0.15, 0.2) is 0 Å². The lowest BCUT2D eigenvalue weighted by molar-refractivity contribution is 0.463. The molecule has 0 N–H and O–H groups in total. The van der Waals surface area contributed by atoms with Gasteiger partial charge in [-0.05, 0) is 29.5 Å². The van der Waals surface area contributed by atoms with Crippen molar-refractivity contribution in [2.75, 3.05) is 16.4 Å². The summed E-state index contributed by atoms with van der Waals surface area (Å²) in [6, 6.07) is 19.8. The molecule has 1 atom stereocenters. The first kappa shape index (κ1) is 15.6. The smallest absolute Gasteiger partial charge is 0.0153 e. The standard InChI is InChI=1S/C18H18Br2S/c19-12-18(13-20,15-6-2-1-3-7-15)10-14-11-21-17-9-5-4-8-16(14)17/h1-9,14H,10-13H2. The first-order chi connectivity index (χ1) is 10.3. The van der Waals surface area contributed by atoms with Gasteiger partial charge in [-0.2, -0.15) is 0 Å². The second kappa shape index (κ2) is 6.89. The van der Waals surface area contributed by atoms with E-state index < -0.39 is 0 Å². The van der Waals surface area contributed by atoms with E-state index in [2.05, 4.69) is 86.5 Å². The van der Waals surface area contributed by atoms with Crippen LogP contribution in [0, 0.1) is 0 Å². The first-order valence-corrected chi connectivity index (χ1v) is 10.4. The third-order valence-corrected chi connectivity index (χ3v) is 7.73. The molecule has 1 heterocycles. The van der Waals surface area contributed by atoms with E-state index in [1.165, 1.54) is 28.2 Å². The molecule has 1 unspecified atom stereocenters. The van der Waals surface area contributed by atoms with Crippen LogP contribution < -0.4 is 0 Å². The summed E-state index contributed by atoms with van der Waals surface area (Å²) in [5, 5.41) is 1.97. The van der Waals surface area contributed by atoms with Gasteiger partial charge in [-0.15, -0.1) is 11.8 Å². The van der Waals surface area contributed by atoms with Crippen molar-refractivity contribution in [1.29, 1.82) is 0 Å². The maximum absolute atomic E-state index is 3.78. The van der Waals surface area contributed by atoms with Crippen LogP contribution in [0.2, 0.25) is 0 Å². The van der Waals surface area contributed by atoms with Crippen LogP contribution >= 0.6 is 43.6 Å². The number of alkyl halides is 2. The molecule has 0 nitrogen and oxygen atoms in total. The predicted molar refractivity (Wildman–Crippen MR) is 100 cm³/mol. The van der Waals surface area contributed by atoms with Crippen molar-refractivity contribution in [3.63, 3.8) is 0 Å². The van der Waals surface area contributed by atoms with Crippen molar-refractivity contribution in [3.05, 3.63) is 65.7 Å². The summed E-state index contributed by atoms with van der Waals surface area (Å²) in [6.07, 6.45) is 1.18. The number of benzene rings is 2. The highest BCUT2D eigenvalue weighted by Crippen LogP contribution is 2.46.